The minimum atomic E-state index is -0.253. The van der Waals surface area contributed by atoms with Gasteiger partial charge in [0, 0.05) is 28.2 Å². The number of thiophene rings is 1. The molecule has 1 N–H and O–H groups in total. The van der Waals surface area contributed by atoms with Crippen LogP contribution in [0.25, 0.3) is 0 Å². The molecule has 4 nitrogen and oxygen atoms in total. The molecule has 0 aliphatic carbocycles. The summed E-state index contributed by atoms with van der Waals surface area (Å²) in [5.74, 6) is 5.43. The highest BCUT2D eigenvalue weighted by molar-refractivity contribution is 7.10. The third-order valence-corrected chi connectivity index (χ3v) is 3.20. The number of aliphatic hydroxyl groups is 1. The maximum absolute atomic E-state index is 11.6. The van der Waals surface area contributed by atoms with Gasteiger partial charge >= 0.3 is 5.69 Å². The molecule has 2 aromatic rings. The van der Waals surface area contributed by atoms with Gasteiger partial charge in [-0.15, -0.1) is 11.3 Å². The Morgan fingerprint density at radius 2 is 2.39 bits per heavy atom. The Balaban J connectivity index is 2.21. The van der Waals surface area contributed by atoms with Gasteiger partial charge in [0.2, 0.25) is 0 Å². The van der Waals surface area contributed by atoms with Crippen LogP contribution in [0, 0.1) is 18.8 Å². The van der Waals surface area contributed by atoms with E-state index in [0.717, 1.165) is 16.0 Å². The summed E-state index contributed by atoms with van der Waals surface area (Å²) >= 11 is 1.54. The van der Waals surface area contributed by atoms with Crippen molar-refractivity contribution in [2.45, 2.75) is 13.5 Å². The normalized spacial score (nSPS) is 9.89. The molecule has 0 fully saturated rings. The topological polar surface area (TPSA) is 55.1 Å². The summed E-state index contributed by atoms with van der Waals surface area (Å²) in [5.41, 5.74) is 1.56. The Kier molecular flexibility index (Phi) is 3.92. The molecule has 0 spiro atoms. The molecule has 92 valence electrons. The number of aryl methyl sites for hydroxylation is 1. The Labute approximate surface area is 109 Å². The zero-order chi connectivity index (χ0) is 13.0. The molecule has 0 saturated carbocycles. The molecule has 0 unspecified atom stereocenters. The van der Waals surface area contributed by atoms with Crippen LogP contribution in [-0.2, 0) is 6.54 Å². The van der Waals surface area contributed by atoms with Gasteiger partial charge in [-0.1, -0.05) is 11.8 Å². The minimum absolute atomic E-state index is 0.146. The first-order chi connectivity index (χ1) is 8.69. The molecule has 0 radical (unpaired) electrons. The third kappa shape index (κ3) is 3.06. The van der Waals surface area contributed by atoms with Gasteiger partial charge < -0.3 is 5.11 Å². The van der Waals surface area contributed by atoms with E-state index in [9.17, 15) is 4.79 Å². The summed E-state index contributed by atoms with van der Waals surface area (Å²) in [4.78, 5) is 16.4. The lowest BCUT2D eigenvalue weighted by molar-refractivity contribution is 0.350. The third-order valence-electron chi connectivity index (χ3n) is 2.28. The highest BCUT2D eigenvalue weighted by Crippen LogP contribution is 2.14. The first kappa shape index (κ1) is 12.6. The molecule has 18 heavy (non-hydrogen) atoms. The fourth-order valence-electron chi connectivity index (χ4n) is 1.52. The van der Waals surface area contributed by atoms with Crippen LogP contribution in [-0.4, -0.2) is 21.3 Å². The summed E-state index contributed by atoms with van der Waals surface area (Å²) in [6, 6.07) is 1.92. The maximum Gasteiger partial charge on any atom is 0.347 e. The molecule has 0 bridgehead atoms. The van der Waals surface area contributed by atoms with Crippen LogP contribution >= 0.6 is 11.3 Å². The average Bonchev–Trinajstić information content (AvgIpc) is 2.79. The van der Waals surface area contributed by atoms with E-state index in [1.807, 2.05) is 18.4 Å². The molecular formula is C13H12N2O2S. The van der Waals surface area contributed by atoms with E-state index in [-0.39, 0.29) is 12.3 Å². The maximum atomic E-state index is 11.6. The molecule has 0 aromatic carbocycles. The van der Waals surface area contributed by atoms with Gasteiger partial charge in [-0.2, -0.15) is 0 Å². The lowest BCUT2D eigenvalue weighted by Gasteiger charge is -2.02. The summed E-state index contributed by atoms with van der Waals surface area (Å²) in [6.45, 7) is 2.25. The van der Waals surface area contributed by atoms with Crippen molar-refractivity contribution in [2.75, 3.05) is 6.61 Å². The van der Waals surface area contributed by atoms with Gasteiger partial charge in [0.05, 0.1) is 6.54 Å². The molecular weight excluding hydrogens is 248 g/mol. The van der Waals surface area contributed by atoms with Crippen molar-refractivity contribution in [1.82, 2.24) is 9.55 Å². The smallest absolute Gasteiger partial charge is 0.347 e. The molecule has 0 saturated heterocycles. The van der Waals surface area contributed by atoms with Crippen molar-refractivity contribution in [3.05, 3.63) is 50.3 Å². The molecule has 5 heteroatoms. The molecule has 2 heterocycles. The van der Waals surface area contributed by atoms with E-state index in [0.29, 0.717) is 6.54 Å². The molecule has 0 aliphatic heterocycles. The standard InChI is InChI=1S/C13H12N2O2S/c1-10-6-14-13(17)15(7-10)8-12-5-11(9-18-12)3-2-4-16/h5-7,9,16H,4,8H2,1H3. The predicted molar refractivity (Wildman–Crippen MR) is 70.6 cm³/mol. The van der Waals surface area contributed by atoms with E-state index >= 15 is 0 Å². The number of nitrogens with zero attached hydrogens (tertiary/aromatic N) is 2. The fraction of sp³-hybridized carbons (Fsp3) is 0.231. The Hall–Kier alpha value is -1.90. The van der Waals surface area contributed by atoms with Crippen LogP contribution in [0.3, 0.4) is 0 Å². The number of aliphatic hydroxyl groups excluding tert-OH is 1. The Morgan fingerprint density at radius 3 is 3.17 bits per heavy atom. The lowest BCUT2D eigenvalue weighted by atomic mass is 10.3. The highest BCUT2D eigenvalue weighted by atomic mass is 32.1. The fourth-order valence-corrected chi connectivity index (χ4v) is 2.33. The number of rotatable bonds is 2. The van der Waals surface area contributed by atoms with Crippen LogP contribution in [0.4, 0.5) is 0 Å². The summed E-state index contributed by atoms with van der Waals surface area (Å²) in [7, 11) is 0. The van der Waals surface area contributed by atoms with Gasteiger partial charge in [-0.3, -0.25) is 4.57 Å². The summed E-state index contributed by atoms with van der Waals surface area (Å²) < 4.78 is 1.57. The van der Waals surface area contributed by atoms with Crippen molar-refractivity contribution in [3.8, 4) is 11.8 Å². The zero-order valence-corrected chi connectivity index (χ0v) is 10.7. The Bertz CT molecular complexity index is 661. The number of aromatic nitrogens is 2. The van der Waals surface area contributed by atoms with E-state index in [1.54, 1.807) is 17.0 Å². The first-order valence-corrected chi connectivity index (χ1v) is 6.27. The van der Waals surface area contributed by atoms with Gasteiger partial charge in [0.1, 0.15) is 6.61 Å². The predicted octanol–water partition coefficient (Wildman–Crippen LogP) is 1.01. The first-order valence-electron chi connectivity index (χ1n) is 5.39. The van der Waals surface area contributed by atoms with Crippen LogP contribution in [0.15, 0.2) is 28.6 Å². The summed E-state index contributed by atoms with van der Waals surface area (Å²) in [5, 5.41) is 10.5. The minimum Gasteiger partial charge on any atom is -0.384 e. The number of hydrogen-bond donors (Lipinski definition) is 1. The largest absolute Gasteiger partial charge is 0.384 e. The van der Waals surface area contributed by atoms with Crippen molar-refractivity contribution < 1.29 is 5.11 Å². The molecule has 0 aliphatic rings. The second-order valence-corrected chi connectivity index (χ2v) is 4.80. The Morgan fingerprint density at radius 1 is 1.56 bits per heavy atom. The lowest BCUT2D eigenvalue weighted by Crippen LogP contribution is -2.22. The zero-order valence-electron chi connectivity index (χ0n) is 9.88. The van der Waals surface area contributed by atoms with Crippen molar-refractivity contribution in [2.24, 2.45) is 0 Å². The molecule has 2 rings (SSSR count). The van der Waals surface area contributed by atoms with Crippen LogP contribution < -0.4 is 5.69 Å². The second kappa shape index (κ2) is 5.63. The SMILES string of the molecule is Cc1cnc(=O)n(Cc2cc(C#CCO)cs2)c1. The monoisotopic (exact) mass is 260 g/mol. The van der Waals surface area contributed by atoms with E-state index in [4.69, 9.17) is 5.11 Å². The molecule has 2 aromatic heterocycles. The van der Waals surface area contributed by atoms with Crippen molar-refractivity contribution in [3.63, 3.8) is 0 Å². The van der Waals surface area contributed by atoms with Crippen LogP contribution in [0.2, 0.25) is 0 Å². The van der Waals surface area contributed by atoms with E-state index in [1.165, 1.54) is 11.3 Å². The van der Waals surface area contributed by atoms with Crippen LogP contribution in [0.1, 0.15) is 16.0 Å². The van der Waals surface area contributed by atoms with Gasteiger partial charge in [-0.25, -0.2) is 9.78 Å². The summed E-state index contributed by atoms with van der Waals surface area (Å²) in [6.07, 6.45) is 3.35. The average molecular weight is 260 g/mol. The van der Waals surface area contributed by atoms with Gasteiger partial charge in [-0.05, 0) is 18.6 Å². The molecule has 0 amide bonds. The van der Waals surface area contributed by atoms with Crippen molar-refractivity contribution in [1.29, 1.82) is 0 Å². The van der Waals surface area contributed by atoms with Crippen molar-refractivity contribution >= 4 is 11.3 Å². The number of hydrogen-bond acceptors (Lipinski definition) is 4. The highest BCUT2D eigenvalue weighted by Gasteiger charge is 2.02. The second-order valence-electron chi connectivity index (χ2n) is 3.80. The van der Waals surface area contributed by atoms with Gasteiger partial charge in [0.25, 0.3) is 0 Å². The van der Waals surface area contributed by atoms with Gasteiger partial charge in [0.15, 0.2) is 0 Å². The molecule has 0 atom stereocenters. The van der Waals surface area contributed by atoms with Crippen LogP contribution in [0.5, 0.6) is 0 Å². The van der Waals surface area contributed by atoms with E-state index < -0.39 is 0 Å². The quantitative estimate of drug-likeness (QED) is 0.820. The van der Waals surface area contributed by atoms with E-state index in [2.05, 4.69) is 16.8 Å².